The molecule has 0 saturated heterocycles. The topological polar surface area (TPSA) is 49.9 Å². The average molecular weight is 266 g/mol. The number of benzene rings is 1. The van der Waals surface area contributed by atoms with Crippen molar-refractivity contribution in [3.8, 4) is 17.1 Å². The first-order valence-corrected chi connectivity index (χ1v) is 6.07. The van der Waals surface area contributed by atoms with Crippen LogP contribution in [0, 0.1) is 6.92 Å². The van der Waals surface area contributed by atoms with Crippen LogP contribution in [-0.2, 0) is 6.54 Å². The molecule has 0 radical (unpaired) electrons. The predicted octanol–water partition coefficient (Wildman–Crippen LogP) is 2.77. The van der Waals surface area contributed by atoms with E-state index in [1.54, 1.807) is 7.11 Å². The van der Waals surface area contributed by atoms with E-state index in [4.69, 9.17) is 16.3 Å². The average Bonchev–Trinajstić information content (AvgIpc) is 2.71. The zero-order valence-corrected chi connectivity index (χ0v) is 11.4. The van der Waals surface area contributed by atoms with Crippen molar-refractivity contribution < 1.29 is 4.74 Å². The predicted molar refractivity (Wildman–Crippen MR) is 73.1 cm³/mol. The van der Waals surface area contributed by atoms with Gasteiger partial charge in [0.15, 0.2) is 0 Å². The molecule has 0 amide bonds. The van der Waals surface area contributed by atoms with E-state index in [0.717, 1.165) is 29.3 Å². The molecule has 0 fully saturated rings. The quantitative estimate of drug-likeness (QED) is 0.894. The molecule has 0 spiro atoms. The zero-order chi connectivity index (χ0) is 13.1. The molecule has 96 valence electrons. The molecule has 4 nitrogen and oxygen atoms in total. The van der Waals surface area contributed by atoms with E-state index in [0.29, 0.717) is 10.8 Å². The summed E-state index contributed by atoms with van der Waals surface area (Å²) in [7, 11) is 3.50. The van der Waals surface area contributed by atoms with Crippen molar-refractivity contribution in [3.05, 3.63) is 34.6 Å². The molecule has 1 heterocycles. The van der Waals surface area contributed by atoms with E-state index >= 15 is 0 Å². The van der Waals surface area contributed by atoms with Gasteiger partial charge in [-0.2, -0.15) is 0 Å². The van der Waals surface area contributed by atoms with E-state index in [-0.39, 0.29) is 0 Å². The number of aryl methyl sites for hydroxylation is 1. The smallest absolute Gasteiger partial charge is 0.137 e. The van der Waals surface area contributed by atoms with Crippen molar-refractivity contribution in [1.82, 2.24) is 15.3 Å². The number of aromatic amines is 1. The standard InChI is InChI=1S/C13H16ClN3O/c1-8-11(7-15-2)17-13(16-8)9-4-5-12(18-3)10(14)6-9/h4-6,15H,7H2,1-3H3,(H,16,17). The number of nitrogens with one attached hydrogen (secondary N) is 2. The van der Waals surface area contributed by atoms with Crippen molar-refractivity contribution in [3.63, 3.8) is 0 Å². The maximum atomic E-state index is 6.11. The molecule has 5 heteroatoms. The van der Waals surface area contributed by atoms with Crippen LogP contribution in [0.1, 0.15) is 11.4 Å². The van der Waals surface area contributed by atoms with Crippen LogP contribution in [0.3, 0.4) is 0 Å². The molecule has 0 aliphatic heterocycles. The van der Waals surface area contributed by atoms with Crippen LogP contribution in [0.4, 0.5) is 0 Å². The van der Waals surface area contributed by atoms with Gasteiger partial charge in [-0.1, -0.05) is 11.6 Å². The summed E-state index contributed by atoms with van der Waals surface area (Å²) in [5.41, 5.74) is 3.02. The summed E-state index contributed by atoms with van der Waals surface area (Å²) < 4.78 is 5.13. The van der Waals surface area contributed by atoms with E-state index < -0.39 is 0 Å². The molecule has 2 rings (SSSR count). The Morgan fingerprint density at radius 2 is 2.22 bits per heavy atom. The number of nitrogens with zero attached hydrogens (tertiary/aromatic N) is 1. The highest BCUT2D eigenvalue weighted by Crippen LogP contribution is 2.29. The lowest BCUT2D eigenvalue weighted by Gasteiger charge is -2.04. The van der Waals surface area contributed by atoms with E-state index in [1.165, 1.54) is 0 Å². The van der Waals surface area contributed by atoms with Gasteiger partial charge < -0.3 is 15.0 Å². The van der Waals surface area contributed by atoms with Crippen molar-refractivity contribution >= 4 is 11.6 Å². The lowest BCUT2D eigenvalue weighted by atomic mass is 10.2. The number of rotatable bonds is 4. The summed E-state index contributed by atoms with van der Waals surface area (Å²) in [5.74, 6) is 1.49. The van der Waals surface area contributed by atoms with Crippen LogP contribution >= 0.6 is 11.6 Å². The second-order valence-electron chi connectivity index (χ2n) is 4.04. The highest BCUT2D eigenvalue weighted by molar-refractivity contribution is 6.32. The number of H-pyrrole nitrogens is 1. The molecule has 2 N–H and O–H groups in total. The molecule has 0 aliphatic rings. The Kier molecular flexibility index (Phi) is 3.89. The highest BCUT2D eigenvalue weighted by atomic mass is 35.5. The van der Waals surface area contributed by atoms with E-state index in [9.17, 15) is 0 Å². The van der Waals surface area contributed by atoms with Gasteiger partial charge in [0, 0.05) is 17.8 Å². The molecule has 18 heavy (non-hydrogen) atoms. The number of imidazole rings is 1. The fourth-order valence-electron chi connectivity index (χ4n) is 1.79. The third-order valence-corrected chi connectivity index (χ3v) is 3.05. The fraction of sp³-hybridized carbons (Fsp3) is 0.308. The highest BCUT2D eigenvalue weighted by Gasteiger charge is 2.09. The second-order valence-corrected chi connectivity index (χ2v) is 4.44. The SMILES string of the molecule is CNCc1nc(-c2ccc(OC)c(Cl)c2)[nH]c1C. The Morgan fingerprint density at radius 3 is 2.83 bits per heavy atom. The van der Waals surface area contributed by atoms with Crippen molar-refractivity contribution in [2.24, 2.45) is 0 Å². The molecule has 1 aromatic carbocycles. The zero-order valence-electron chi connectivity index (χ0n) is 10.7. The van der Waals surface area contributed by atoms with Crippen LogP contribution in [0.5, 0.6) is 5.75 Å². The molecule has 2 aromatic rings. The molecule has 1 aromatic heterocycles. The maximum Gasteiger partial charge on any atom is 0.137 e. The molecular formula is C13H16ClN3O. The van der Waals surface area contributed by atoms with Crippen LogP contribution in [0.2, 0.25) is 5.02 Å². The minimum absolute atomic E-state index is 0.583. The number of methoxy groups -OCH3 is 1. The monoisotopic (exact) mass is 265 g/mol. The van der Waals surface area contributed by atoms with Gasteiger partial charge in [-0.3, -0.25) is 0 Å². The number of hydrogen-bond acceptors (Lipinski definition) is 3. The molecule has 0 unspecified atom stereocenters. The largest absolute Gasteiger partial charge is 0.495 e. The van der Waals surface area contributed by atoms with Gasteiger partial charge in [-0.05, 0) is 32.2 Å². The normalized spacial score (nSPS) is 10.7. The van der Waals surface area contributed by atoms with Gasteiger partial charge in [0.25, 0.3) is 0 Å². The summed E-state index contributed by atoms with van der Waals surface area (Å²) in [6, 6.07) is 5.63. The Labute approximate surface area is 111 Å². The van der Waals surface area contributed by atoms with E-state index in [1.807, 2.05) is 32.2 Å². The third kappa shape index (κ3) is 2.49. The minimum Gasteiger partial charge on any atom is -0.495 e. The fourth-order valence-corrected chi connectivity index (χ4v) is 2.04. The van der Waals surface area contributed by atoms with Crippen LogP contribution in [0.15, 0.2) is 18.2 Å². The first kappa shape index (κ1) is 12.9. The molecule has 0 bridgehead atoms. The minimum atomic E-state index is 0.583. The number of halogens is 1. The molecule has 0 saturated carbocycles. The van der Waals surface area contributed by atoms with Gasteiger partial charge in [0.2, 0.25) is 0 Å². The Balaban J connectivity index is 2.36. The van der Waals surface area contributed by atoms with Crippen LogP contribution in [-0.4, -0.2) is 24.1 Å². The number of aromatic nitrogens is 2. The second kappa shape index (κ2) is 5.42. The van der Waals surface area contributed by atoms with Gasteiger partial charge in [0.05, 0.1) is 17.8 Å². The Morgan fingerprint density at radius 1 is 1.44 bits per heavy atom. The van der Waals surface area contributed by atoms with Gasteiger partial charge in [-0.15, -0.1) is 0 Å². The summed E-state index contributed by atoms with van der Waals surface area (Å²) >= 11 is 6.11. The molecule has 0 atom stereocenters. The first-order chi connectivity index (χ1) is 8.65. The Hall–Kier alpha value is -1.52. The summed E-state index contributed by atoms with van der Waals surface area (Å²) in [5, 5.41) is 3.67. The first-order valence-electron chi connectivity index (χ1n) is 5.69. The van der Waals surface area contributed by atoms with Gasteiger partial charge in [0.1, 0.15) is 11.6 Å². The lowest BCUT2D eigenvalue weighted by Crippen LogP contribution is -2.06. The van der Waals surface area contributed by atoms with Crippen LogP contribution in [0.25, 0.3) is 11.4 Å². The molecular weight excluding hydrogens is 250 g/mol. The summed E-state index contributed by atoms with van der Waals surface area (Å²) in [4.78, 5) is 7.81. The summed E-state index contributed by atoms with van der Waals surface area (Å²) in [6.07, 6.45) is 0. The van der Waals surface area contributed by atoms with Gasteiger partial charge >= 0.3 is 0 Å². The van der Waals surface area contributed by atoms with E-state index in [2.05, 4.69) is 15.3 Å². The maximum absolute atomic E-state index is 6.11. The third-order valence-electron chi connectivity index (χ3n) is 2.75. The number of hydrogen-bond donors (Lipinski definition) is 2. The Bertz CT molecular complexity index is 551. The van der Waals surface area contributed by atoms with Gasteiger partial charge in [-0.25, -0.2) is 4.98 Å². The van der Waals surface area contributed by atoms with Crippen LogP contribution < -0.4 is 10.1 Å². The van der Waals surface area contributed by atoms with Crippen molar-refractivity contribution in [1.29, 1.82) is 0 Å². The summed E-state index contributed by atoms with van der Waals surface area (Å²) in [6.45, 7) is 2.75. The van der Waals surface area contributed by atoms with Crippen molar-refractivity contribution in [2.75, 3.05) is 14.2 Å². The lowest BCUT2D eigenvalue weighted by molar-refractivity contribution is 0.415. The number of ether oxygens (including phenoxy) is 1. The van der Waals surface area contributed by atoms with Crippen molar-refractivity contribution in [2.45, 2.75) is 13.5 Å². The molecule has 0 aliphatic carbocycles.